The van der Waals surface area contributed by atoms with Crippen molar-refractivity contribution in [2.75, 3.05) is 18.0 Å². The third kappa shape index (κ3) is 3.85. The molecule has 1 unspecified atom stereocenters. The van der Waals surface area contributed by atoms with Crippen LogP contribution < -0.4 is 4.90 Å². The summed E-state index contributed by atoms with van der Waals surface area (Å²) in [5.41, 5.74) is 0. The maximum atomic E-state index is 13.1. The number of aryl methyl sites for hydroxylation is 1. The van der Waals surface area contributed by atoms with Crippen molar-refractivity contribution in [2.45, 2.75) is 82.8 Å². The van der Waals surface area contributed by atoms with E-state index >= 15 is 0 Å². The van der Waals surface area contributed by atoms with E-state index in [1.165, 1.54) is 10.5 Å². The van der Waals surface area contributed by atoms with Crippen molar-refractivity contribution < 1.29 is 8.42 Å². The highest BCUT2D eigenvalue weighted by molar-refractivity contribution is 7.89. The van der Waals surface area contributed by atoms with Crippen molar-refractivity contribution in [3.8, 4) is 0 Å². The van der Waals surface area contributed by atoms with E-state index in [-0.39, 0.29) is 17.0 Å². The lowest BCUT2D eigenvalue weighted by atomic mass is 9.97. The fraction of sp³-hybridized carbons (Fsp3) is 0.667. The molecule has 0 saturated carbocycles. The molecule has 2 aromatic heterocycles. The monoisotopic (exact) mass is 432 g/mol. The molecule has 0 aliphatic carbocycles. The number of aromatic nitrogens is 4. The molecule has 0 radical (unpaired) electrons. The predicted octanol–water partition coefficient (Wildman–Crippen LogP) is 2.81. The molecule has 1 saturated heterocycles. The highest BCUT2D eigenvalue weighted by atomic mass is 32.2. The molecular formula is C21H32N6O2S. The Bertz CT molecular complexity index is 975. The molecule has 1 fully saturated rings. The van der Waals surface area contributed by atoms with Crippen LogP contribution in [0.15, 0.2) is 23.2 Å². The minimum absolute atomic E-state index is 0.109. The largest absolute Gasteiger partial charge is 0.356 e. The number of anilines is 1. The Hall–Kier alpha value is -2.00. The van der Waals surface area contributed by atoms with Gasteiger partial charge in [0.05, 0.1) is 0 Å². The smallest absolute Gasteiger partial charge is 0.245 e. The van der Waals surface area contributed by atoms with Crippen LogP contribution >= 0.6 is 0 Å². The molecule has 2 aliphatic rings. The average molecular weight is 433 g/mol. The van der Waals surface area contributed by atoms with E-state index in [0.717, 1.165) is 62.8 Å². The summed E-state index contributed by atoms with van der Waals surface area (Å²) in [6, 6.07) is 3.31. The van der Waals surface area contributed by atoms with Crippen LogP contribution in [0.2, 0.25) is 0 Å². The van der Waals surface area contributed by atoms with Crippen molar-refractivity contribution in [1.82, 2.24) is 24.1 Å². The quantitative estimate of drug-likeness (QED) is 0.698. The molecule has 164 valence electrons. The first-order chi connectivity index (χ1) is 14.3. The highest BCUT2D eigenvalue weighted by Gasteiger charge is 2.31. The van der Waals surface area contributed by atoms with E-state index in [1.807, 2.05) is 33.8 Å². The van der Waals surface area contributed by atoms with Crippen LogP contribution in [0.4, 0.5) is 5.82 Å². The fourth-order valence-corrected chi connectivity index (χ4v) is 6.64. The van der Waals surface area contributed by atoms with Crippen LogP contribution in [-0.4, -0.2) is 57.6 Å². The second-order valence-electron chi connectivity index (χ2n) is 8.89. The van der Waals surface area contributed by atoms with Crippen molar-refractivity contribution in [3.05, 3.63) is 30.0 Å². The van der Waals surface area contributed by atoms with Gasteiger partial charge in [0.2, 0.25) is 10.0 Å². The van der Waals surface area contributed by atoms with Crippen LogP contribution in [0.1, 0.15) is 64.5 Å². The summed E-state index contributed by atoms with van der Waals surface area (Å²) in [5, 5.41) is 8.83. The molecule has 1 atom stereocenters. The van der Waals surface area contributed by atoms with Crippen molar-refractivity contribution in [2.24, 2.45) is 0 Å². The normalized spacial score (nSPS) is 19.8. The zero-order valence-electron chi connectivity index (χ0n) is 18.3. The molecule has 0 N–H and O–H groups in total. The summed E-state index contributed by atoms with van der Waals surface area (Å²) in [6.07, 6.45) is 5.82. The van der Waals surface area contributed by atoms with Crippen LogP contribution in [0, 0.1) is 0 Å². The van der Waals surface area contributed by atoms with Gasteiger partial charge in [0.15, 0.2) is 0 Å². The number of rotatable bonds is 6. The summed E-state index contributed by atoms with van der Waals surface area (Å²) in [6.45, 7) is 10.4. The Kier molecular flexibility index (Phi) is 5.85. The molecule has 2 aliphatic heterocycles. The van der Waals surface area contributed by atoms with Gasteiger partial charge in [0, 0.05) is 50.3 Å². The average Bonchev–Trinajstić information content (AvgIpc) is 3.31. The Morgan fingerprint density at radius 1 is 1.07 bits per heavy atom. The molecule has 4 rings (SSSR count). The number of sulfonamides is 1. The summed E-state index contributed by atoms with van der Waals surface area (Å²) in [5.74, 6) is 3.35. The summed E-state index contributed by atoms with van der Waals surface area (Å²) >= 11 is 0. The van der Waals surface area contributed by atoms with Gasteiger partial charge in [-0.05, 0) is 59.1 Å². The van der Waals surface area contributed by atoms with Gasteiger partial charge >= 0.3 is 0 Å². The molecular weight excluding hydrogens is 400 g/mol. The van der Waals surface area contributed by atoms with Crippen LogP contribution in [0.3, 0.4) is 0 Å². The zero-order valence-corrected chi connectivity index (χ0v) is 19.1. The maximum absolute atomic E-state index is 13.1. The second kappa shape index (κ2) is 8.26. The zero-order chi connectivity index (χ0) is 21.5. The van der Waals surface area contributed by atoms with Crippen molar-refractivity contribution in [1.29, 1.82) is 0 Å². The Labute approximate surface area is 179 Å². The van der Waals surface area contributed by atoms with E-state index in [2.05, 4.69) is 24.6 Å². The topological polar surface area (TPSA) is 84.2 Å². The summed E-state index contributed by atoms with van der Waals surface area (Å²) in [7, 11) is -3.57. The first kappa shape index (κ1) is 21.2. The maximum Gasteiger partial charge on any atom is 0.245 e. The standard InChI is InChI=1S/C21H32N6O2S/c1-15(2)27(16(3)4)30(28,29)18-9-10-19(22-13-18)25-11-5-7-17(14-25)21-24-23-20-8-6-12-26(20)21/h9-10,13,15-17H,5-8,11-12,14H2,1-4H3. The lowest BCUT2D eigenvalue weighted by Gasteiger charge is -2.33. The van der Waals surface area contributed by atoms with Crippen LogP contribution in [0.25, 0.3) is 0 Å². The number of pyridine rings is 1. The van der Waals surface area contributed by atoms with Gasteiger partial charge < -0.3 is 9.47 Å². The lowest BCUT2D eigenvalue weighted by molar-refractivity contribution is 0.302. The molecule has 2 aromatic rings. The van der Waals surface area contributed by atoms with Gasteiger partial charge in [-0.2, -0.15) is 4.31 Å². The molecule has 30 heavy (non-hydrogen) atoms. The molecule has 9 heteroatoms. The number of fused-ring (bicyclic) bond motifs is 1. The third-order valence-corrected chi connectivity index (χ3v) is 8.30. The van der Waals surface area contributed by atoms with Crippen molar-refractivity contribution >= 4 is 15.8 Å². The molecule has 4 heterocycles. The molecule has 0 spiro atoms. The van der Waals surface area contributed by atoms with Gasteiger partial charge in [-0.15, -0.1) is 10.2 Å². The van der Waals surface area contributed by atoms with E-state index in [9.17, 15) is 8.42 Å². The second-order valence-corrected chi connectivity index (χ2v) is 10.7. The summed E-state index contributed by atoms with van der Waals surface area (Å²) < 4.78 is 30.0. The van der Waals surface area contributed by atoms with Gasteiger partial charge in [-0.3, -0.25) is 0 Å². The molecule has 0 bridgehead atoms. The van der Waals surface area contributed by atoms with Crippen molar-refractivity contribution in [3.63, 3.8) is 0 Å². The Morgan fingerprint density at radius 3 is 2.50 bits per heavy atom. The minimum Gasteiger partial charge on any atom is -0.356 e. The molecule has 0 aromatic carbocycles. The number of piperidine rings is 1. The molecule has 0 amide bonds. The van der Waals surface area contributed by atoms with E-state index in [0.29, 0.717) is 5.92 Å². The highest BCUT2D eigenvalue weighted by Crippen LogP contribution is 2.31. The summed E-state index contributed by atoms with van der Waals surface area (Å²) in [4.78, 5) is 7.02. The lowest BCUT2D eigenvalue weighted by Crippen LogP contribution is -2.42. The number of hydrogen-bond donors (Lipinski definition) is 0. The minimum atomic E-state index is -3.57. The molecule has 8 nitrogen and oxygen atoms in total. The van der Waals surface area contributed by atoms with Gasteiger partial charge in [-0.25, -0.2) is 13.4 Å². The third-order valence-electron chi connectivity index (χ3n) is 6.06. The fourth-order valence-electron chi connectivity index (χ4n) is 4.86. The number of hydrogen-bond acceptors (Lipinski definition) is 6. The van der Waals surface area contributed by atoms with E-state index < -0.39 is 10.0 Å². The van der Waals surface area contributed by atoms with Gasteiger partial charge in [-0.1, -0.05) is 0 Å². The van der Waals surface area contributed by atoms with Crippen LogP contribution in [0.5, 0.6) is 0 Å². The van der Waals surface area contributed by atoms with Gasteiger partial charge in [0.25, 0.3) is 0 Å². The van der Waals surface area contributed by atoms with E-state index in [1.54, 1.807) is 6.07 Å². The first-order valence-electron chi connectivity index (χ1n) is 11.0. The van der Waals surface area contributed by atoms with E-state index in [4.69, 9.17) is 0 Å². The van der Waals surface area contributed by atoms with Crippen LogP contribution in [-0.2, 0) is 23.0 Å². The Morgan fingerprint density at radius 2 is 1.83 bits per heavy atom. The Balaban J connectivity index is 1.52. The first-order valence-corrected chi connectivity index (χ1v) is 12.4. The predicted molar refractivity (Wildman–Crippen MR) is 116 cm³/mol. The SMILES string of the molecule is CC(C)N(C(C)C)S(=O)(=O)c1ccc(N2CCCC(c3nnc4n3CCC4)C2)nc1. The number of nitrogens with zero attached hydrogens (tertiary/aromatic N) is 6. The van der Waals surface area contributed by atoms with Gasteiger partial charge in [0.1, 0.15) is 22.4 Å².